The van der Waals surface area contributed by atoms with Gasteiger partial charge in [-0.25, -0.2) is 9.97 Å². The fourth-order valence-corrected chi connectivity index (χ4v) is 4.95. The second-order valence-corrected chi connectivity index (χ2v) is 8.70. The molecule has 4 aromatic rings. The van der Waals surface area contributed by atoms with Crippen molar-refractivity contribution >= 4 is 0 Å². The smallest absolute Gasteiger partial charge is 0.123 e. The molecule has 156 valence electrons. The van der Waals surface area contributed by atoms with Crippen LogP contribution in [0.5, 0.6) is 0 Å². The van der Waals surface area contributed by atoms with Crippen LogP contribution in [0.4, 0.5) is 0 Å². The van der Waals surface area contributed by atoms with E-state index in [1.54, 1.807) is 0 Å². The number of H-pyrrole nitrogens is 2. The van der Waals surface area contributed by atoms with Crippen LogP contribution in [0.2, 0.25) is 0 Å². The monoisotopic (exact) mass is 410 g/mol. The Morgan fingerprint density at radius 2 is 1.42 bits per heavy atom. The summed E-state index contributed by atoms with van der Waals surface area (Å²) in [4.78, 5) is 16.3. The maximum Gasteiger partial charge on any atom is 0.123 e. The number of aromatic amines is 2. The standard InChI is InChI=1S/C25H26N6/c1-13(27)25-29-21-9-5-17-11-15(3-7-19(17)24(21)31-25)14-2-6-18-16(10-14)4-8-20-23(18)30-22(12-26)28-20/h2-3,6-7,10-11,13H,4-5,8-9,12,26-27H2,1H3,(H,28,30)(H,29,31). The maximum atomic E-state index is 6.03. The van der Waals surface area contributed by atoms with Crippen LogP contribution in [0, 0.1) is 0 Å². The highest BCUT2D eigenvalue weighted by atomic mass is 15.0. The number of nitrogens with one attached hydrogen (secondary N) is 2. The topological polar surface area (TPSA) is 109 Å². The van der Waals surface area contributed by atoms with Crippen LogP contribution in [-0.4, -0.2) is 19.9 Å². The second-order valence-electron chi connectivity index (χ2n) is 8.70. The van der Waals surface area contributed by atoms with Crippen molar-refractivity contribution in [3.05, 3.63) is 70.6 Å². The molecule has 0 saturated carbocycles. The molecule has 0 amide bonds. The van der Waals surface area contributed by atoms with Gasteiger partial charge in [0, 0.05) is 22.5 Å². The molecule has 2 heterocycles. The van der Waals surface area contributed by atoms with Crippen LogP contribution in [0.1, 0.15) is 47.1 Å². The third-order valence-electron chi connectivity index (χ3n) is 6.59. The summed E-state index contributed by atoms with van der Waals surface area (Å²) in [5.74, 6) is 1.73. The SMILES string of the molecule is CC(N)c1nc2c([nH]1)CCc1cc(-c3ccc4c(c3)CCc3[nH]c(CN)nc3-4)ccc1-2. The molecule has 2 aliphatic rings. The molecule has 2 aromatic carbocycles. The Kier molecular flexibility index (Phi) is 4.13. The summed E-state index contributed by atoms with van der Waals surface area (Å²) in [5, 5.41) is 0. The molecule has 1 unspecified atom stereocenters. The summed E-state index contributed by atoms with van der Waals surface area (Å²) in [6, 6.07) is 13.4. The second kappa shape index (κ2) is 6.90. The first-order valence-electron chi connectivity index (χ1n) is 11.0. The Morgan fingerprint density at radius 1 is 0.839 bits per heavy atom. The third-order valence-corrected chi connectivity index (χ3v) is 6.59. The van der Waals surface area contributed by atoms with Crippen LogP contribution >= 0.6 is 0 Å². The normalized spacial score (nSPS) is 15.1. The first-order valence-corrected chi connectivity index (χ1v) is 11.0. The molecule has 6 nitrogen and oxygen atoms in total. The van der Waals surface area contributed by atoms with Crippen molar-refractivity contribution < 1.29 is 0 Å². The molecule has 0 radical (unpaired) electrons. The number of rotatable bonds is 3. The lowest BCUT2D eigenvalue weighted by Crippen LogP contribution is -2.06. The summed E-state index contributed by atoms with van der Waals surface area (Å²) in [6.45, 7) is 2.41. The number of benzene rings is 2. The summed E-state index contributed by atoms with van der Waals surface area (Å²) in [5.41, 5.74) is 24.0. The molecule has 6 rings (SSSR count). The zero-order valence-electron chi connectivity index (χ0n) is 17.6. The van der Waals surface area contributed by atoms with Crippen molar-refractivity contribution in [1.82, 2.24) is 19.9 Å². The molecular formula is C25H26N6. The predicted molar refractivity (Wildman–Crippen MR) is 122 cm³/mol. The van der Waals surface area contributed by atoms with Gasteiger partial charge in [-0.15, -0.1) is 0 Å². The molecule has 2 aliphatic carbocycles. The van der Waals surface area contributed by atoms with Gasteiger partial charge in [-0.1, -0.05) is 36.4 Å². The van der Waals surface area contributed by atoms with E-state index < -0.39 is 0 Å². The summed E-state index contributed by atoms with van der Waals surface area (Å²) in [6.07, 6.45) is 3.98. The summed E-state index contributed by atoms with van der Waals surface area (Å²) < 4.78 is 0. The van der Waals surface area contributed by atoms with Gasteiger partial charge in [0.15, 0.2) is 0 Å². The average molecular weight is 411 g/mol. The zero-order chi connectivity index (χ0) is 21.1. The number of hydrogen-bond donors (Lipinski definition) is 4. The molecule has 0 saturated heterocycles. The number of nitrogens with zero attached hydrogens (tertiary/aromatic N) is 2. The molecule has 0 fully saturated rings. The minimum absolute atomic E-state index is 0.0835. The van der Waals surface area contributed by atoms with E-state index in [0.29, 0.717) is 6.54 Å². The molecule has 2 aromatic heterocycles. The van der Waals surface area contributed by atoms with E-state index in [4.69, 9.17) is 21.4 Å². The van der Waals surface area contributed by atoms with Crippen LogP contribution in [0.25, 0.3) is 33.6 Å². The highest BCUT2D eigenvalue weighted by Crippen LogP contribution is 2.38. The fourth-order valence-electron chi connectivity index (χ4n) is 4.95. The average Bonchev–Trinajstić information content (AvgIpc) is 3.42. The van der Waals surface area contributed by atoms with Gasteiger partial charge in [0.25, 0.3) is 0 Å². The fraction of sp³-hybridized carbons (Fsp3) is 0.280. The summed E-state index contributed by atoms with van der Waals surface area (Å²) >= 11 is 0. The molecule has 1 atom stereocenters. The number of imidazole rings is 2. The Bertz CT molecular complexity index is 1310. The number of aromatic nitrogens is 4. The highest BCUT2D eigenvalue weighted by Gasteiger charge is 2.23. The number of fused-ring (bicyclic) bond motifs is 6. The Balaban J connectivity index is 1.37. The van der Waals surface area contributed by atoms with Gasteiger partial charge in [0.05, 0.1) is 24.0 Å². The molecule has 6 N–H and O–H groups in total. The Morgan fingerprint density at radius 3 is 2.00 bits per heavy atom. The molecule has 0 bridgehead atoms. The molecule has 0 aliphatic heterocycles. The van der Waals surface area contributed by atoms with Crippen LogP contribution in [0.3, 0.4) is 0 Å². The first-order chi connectivity index (χ1) is 15.1. The van der Waals surface area contributed by atoms with Crippen molar-refractivity contribution in [3.63, 3.8) is 0 Å². The van der Waals surface area contributed by atoms with Gasteiger partial charge in [-0.3, -0.25) is 0 Å². The van der Waals surface area contributed by atoms with Gasteiger partial charge < -0.3 is 21.4 Å². The van der Waals surface area contributed by atoms with E-state index in [9.17, 15) is 0 Å². The first kappa shape index (κ1) is 18.5. The van der Waals surface area contributed by atoms with E-state index in [-0.39, 0.29) is 6.04 Å². The Hall–Kier alpha value is -3.22. The van der Waals surface area contributed by atoms with Crippen molar-refractivity contribution in [2.75, 3.05) is 0 Å². The van der Waals surface area contributed by atoms with E-state index in [2.05, 4.69) is 46.4 Å². The predicted octanol–water partition coefficient (Wildman–Crippen LogP) is 3.81. The van der Waals surface area contributed by atoms with Crippen molar-refractivity contribution in [2.24, 2.45) is 11.5 Å². The Labute approximate surface area is 181 Å². The highest BCUT2D eigenvalue weighted by molar-refractivity contribution is 5.78. The maximum absolute atomic E-state index is 6.03. The lowest BCUT2D eigenvalue weighted by molar-refractivity contribution is 0.751. The van der Waals surface area contributed by atoms with Crippen molar-refractivity contribution in [1.29, 1.82) is 0 Å². The lowest BCUT2D eigenvalue weighted by Gasteiger charge is -2.18. The van der Waals surface area contributed by atoms with Gasteiger partial charge in [0.1, 0.15) is 11.6 Å². The van der Waals surface area contributed by atoms with E-state index in [0.717, 1.165) is 48.7 Å². The lowest BCUT2D eigenvalue weighted by atomic mass is 9.87. The van der Waals surface area contributed by atoms with Gasteiger partial charge in [-0.2, -0.15) is 0 Å². The van der Waals surface area contributed by atoms with E-state index in [1.807, 2.05) is 6.92 Å². The number of hydrogen-bond acceptors (Lipinski definition) is 4. The molecule has 0 spiro atoms. The van der Waals surface area contributed by atoms with E-state index >= 15 is 0 Å². The van der Waals surface area contributed by atoms with E-state index in [1.165, 1.54) is 44.8 Å². The van der Waals surface area contributed by atoms with Crippen molar-refractivity contribution in [3.8, 4) is 33.6 Å². The molecular weight excluding hydrogens is 384 g/mol. The third kappa shape index (κ3) is 2.94. The van der Waals surface area contributed by atoms with Crippen LogP contribution < -0.4 is 11.5 Å². The summed E-state index contributed by atoms with van der Waals surface area (Å²) in [7, 11) is 0. The molecule has 31 heavy (non-hydrogen) atoms. The van der Waals surface area contributed by atoms with Crippen LogP contribution in [0.15, 0.2) is 36.4 Å². The van der Waals surface area contributed by atoms with Crippen LogP contribution in [-0.2, 0) is 32.2 Å². The minimum Gasteiger partial charge on any atom is -0.344 e. The number of aryl methyl sites for hydroxylation is 4. The zero-order valence-corrected chi connectivity index (χ0v) is 17.6. The largest absolute Gasteiger partial charge is 0.344 e. The quantitative estimate of drug-likeness (QED) is 0.412. The van der Waals surface area contributed by atoms with Gasteiger partial charge >= 0.3 is 0 Å². The van der Waals surface area contributed by atoms with Gasteiger partial charge in [0.2, 0.25) is 0 Å². The number of nitrogens with two attached hydrogens (primary N) is 2. The molecule has 6 heteroatoms. The minimum atomic E-state index is -0.0835. The van der Waals surface area contributed by atoms with Crippen molar-refractivity contribution in [2.45, 2.75) is 45.2 Å². The van der Waals surface area contributed by atoms with Gasteiger partial charge in [-0.05, 0) is 54.9 Å².